The van der Waals surface area contributed by atoms with E-state index in [9.17, 15) is 14.4 Å². The van der Waals surface area contributed by atoms with Crippen molar-refractivity contribution in [2.75, 3.05) is 0 Å². The van der Waals surface area contributed by atoms with Crippen LogP contribution in [0.2, 0.25) is 0 Å². The van der Waals surface area contributed by atoms with Gasteiger partial charge in [0.25, 0.3) is 0 Å². The third-order valence-electron chi connectivity index (χ3n) is 2.68. The van der Waals surface area contributed by atoms with E-state index in [1.807, 2.05) is 20.8 Å². The first-order chi connectivity index (χ1) is 6.94. The molecule has 0 aliphatic rings. The number of hydrogen-bond acceptors (Lipinski definition) is 4. The summed E-state index contributed by atoms with van der Waals surface area (Å²) in [7, 11) is -4.84. The molecule has 1 unspecified atom stereocenters. The van der Waals surface area contributed by atoms with E-state index in [-0.39, 0.29) is 65.0 Å². The van der Waals surface area contributed by atoms with E-state index in [2.05, 4.69) is 4.52 Å². The Kier molecular flexibility index (Phi) is 18.6. The molecule has 7 heteroatoms. The number of phosphoric ester groups is 1. The van der Waals surface area contributed by atoms with Crippen LogP contribution in [0, 0.1) is 5.92 Å². The average molecular weight is 282 g/mol. The molecule has 92 valence electrons. The van der Waals surface area contributed by atoms with Crippen LogP contribution >= 0.6 is 7.82 Å². The molecule has 0 aliphatic heterocycles. The van der Waals surface area contributed by atoms with Crippen molar-refractivity contribution in [3.05, 3.63) is 0 Å². The first-order valence-corrected chi connectivity index (χ1v) is 7.11. The molecular formula is C10H21Na2O4P. The van der Waals surface area contributed by atoms with Crippen molar-refractivity contribution in [3.63, 3.8) is 0 Å². The van der Waals surface area contributed by atoms with E-state index in [0.29, 0.717) is 6.42 Å². The molecule has 4 nitrogen and oxygen atoms in total. The molecule has 0 aliphatic carbocycles. The minimum absolute atomic E-state index is 0. The molecule has 0 aromatic heterocycles. The Bertz CT molecular complexity index is 206. The van der Waals surface area contributed by atoms with Crippen LogP contribution in [0.5, 0.6) is 0 Å². The fourth-order valence-electron chi connectivity index (χ4n) is 1.76. The Hall–Kier alpha value is 2.11. The van der Waals surface area contributed by atoms with E-state index >= 15 is 0 Å². The molecule has 0 heterocycles. The molecule has 0 saturated carbocycles. The van der Waals surface area contributed by atoms with Gasteiger partial charge in [-0.05, 0) is 12.3 Å². The topological polar surface area (TPSA) is 72.4 Å². The third-order valence-corrected chi connectivity index (χ3v) is 3.21. The summed E-state index contributed by atoms with van der Waals surface area (Å²) >= 11 is 0. The Labute approximate surface area is 149 Å². The second kappa shape index (κ2) is 13.1. The molecule has 17 heavy (non-hydrogen) atoms. The Morgan fingerprint density at radius 1 is 1.12 bits per heavy atom. The van der Waals surface area contributed by atoms with Crippen molar-refractivity contribution in [2.24, 2.45) is 5.92 Å². The molecule has 1 atom stereocenters. The van der Waals surface area contributed by atoms with Crippen molar-refractivity contribution in [2.45, 2.75) is 59.0 Å². The molecule has 0 aromatic rings. The monoisotopic (exact) mass is 282 g/mol. The number of phosphoric acid groups is 1. The van der Waals surface area contributed by atoms with Crippen molar-refractivity contribution >= 4 is 7.82 Å². The molecule has 0 spiro atoms. The van der Waals surface area contributed by atoms with Gasteiger partial charge in [0, 0.05) is 0 Å². The van der Waals surface area contributed by atoms with Gasteiger partial charge in [0.2, 0.25) is 0 Å². The van der Waals surface area contributed by atoms with Crippen LogP contribution in [-0.2, 0) is 9.09 Å². The van der Waals surface area contributed by atoms with Crippen LogP contribution in [0.15, 0.2) is 0 Å². The quantitative estimate of drug-likeness (QED) is 0.334. The zero-order chi connectivity index (χ0) is 11.9. The summed E-state index contributed by atoms with van der Waals surface area (Å²) in [6.07, 6.45) is 3.76. The predicted molar refractivity (Wildman–Crippen MR) is 56.1 cm³/mol. The first-order valence-electron chi connectivity index (χ1n) is 5.65. The Balaban J connectivity index is -0.000000980. The molecule has 0 rings (SSSR count). The molecule has 0 aromatic carbocycles. The van der Waals surface area contributed by atoms with Gasteiger partial charge in [-0.25, -0.2) is 0 Å². The number of rotatable bonds is 8. The van der Waals surface area contributed by atoms with Gasteiger partial charge in [0.1, 0.15) is 0 Å². The molecular weight excluding hydrogens is 261 g/mol. The summed E-state index contributed by atoms with van der Waals surface area (Å²) in [5.41, 5.74) is 0. The molecule has 0 fully saturated rings. The maximum atomic E-state index is 10.6. The number of hydrogen-bond donors (Lipinski definition) is 0. The summed E-state index contributed by atoms with van der Waals surface area (Å²) in [6, 6.07) is 0. The standard InChI is InChI=1S/C10H23O4P.2Na/c1-4-7-8-10(9(5-2)6-3)14-15(11,12)13;;/h9-10H,4-8H2,1-3H3,(H2,11,12,13);;/q;2*+1/p-2. The van der Waals surface area contributed by atoms with E-state index in [1.54, 1.807) is 0 Å². The van der Waals surface area contributed by atoms with Crippen molar-refractivity contribution < 1.29 is 78.0 Å². The van der Waals surface area contributed by atoms with Gasteiger partial charge >= 0.3 is 59.1 Å². The second-order valence-electron chi connectivity index (χ2n) is 3.81. The summed E-state index contributed by atoms with van der Waals surface area (Å²) in [5.74, 6) is 0.160. The minimum atomic E-state index is -4.84. The number of unbranched alkanes of at least 4 members (excludes halogenated alkanes) is 1. The van der Waals surface area contributed by atoms with Crippen molar-refractivity contribution in [1.82, 2.24) is 0 Å². The van der Waals surface area contributed by atoms with Crippen LogP contribution < -0.4 is 68.9 Å². The molecule has 0 saturated heterocycles. The fraction of sp³-hybridized carbons (Fsp3) is 1.00. The normalized spacial score (nSPS) is 12.8. The van der Waals surface area contributed by atoms with E-state index in [4.69, 9.17) is 0 Å². The van der Waals surface area contributed by atoms with Gasteiger partial charge in [-0.1, -0.05) is 46.5 Å². The van der Waals surface area contributed by atoms with Crippen LogP contribution in [0.1, 0.15) is 52.9 Å². The van der Waals surface area contributed by atoms with E-state index in [0.717, 1.165) is 25.7 Å². The molecule has 0 N–H and O–H groups in total. The van der Waals surface area contributed by atoms with Crippen LogP contribution in [-0.4, -0.2) is 6.10 Å². The van der Waals surface area contributed by atoms with Crippen LogP contribution in [0.3, 0.4) is 0 Å². The summed E-state index contributed by atoms with van der Waals surface area (Å²) in [5, 5.41) is 0. The third kappa shape index (κ3) is 12.9. The average Bonchev–Trinajstić information content (AvgIpc) is 2.13. The van der Waals surface area contributed by atoms with Gasteiger partial charge in [0.15, 0.2) is 0 Å². The van der Waals surface area contributed by atoms with E-state index in [1.165, 1.54) is 0 Å². The smallest absolute Gasteiger partial charge is 0.790 e. The molecule has 0 radical (unpaired) electrons. The predicted octanol–water partition coefficient (Wildman–Crippen LogP) is -4.17. The minimum Gasteiger partial charge on any atom is -0.790 e. The largest absolute Gasteiger partial charge is 1.00 e. The molecule has 0 amide bonds. The zero-order valence-electron chi connectivity index (χ0n) is 11.8. The van der Waals surface area contributed by atoms with Crippen molar-refractivity contribution in [3.8, 4) is 0 Å². The van der Waals surface area contributed by atoms with Crippen molar-refractivity contribution in [1.29, 1.82) is 0 Å². The fourth-order valence-corrected chi connectivity index (χ4v) is 2.37. The SMILES string of the molecule is CCCCC(OP(=O)([O-])[O-])C(CC)CC.[Na+].[Na+]. The Morgan fingerprint density at radius 2 is 1.59 bits per heavy atom. The van der Waals surface area contributed by atoms with Gasteiger partial charge < -0.3 is 18.9 Å². The van der Waals surface area contributed by atoms with Gasteiger partial charge in [-0.2, -0.15) is 0 Å². The van der Waals surface area contributed by atoms with Gasteiger partial charge in [-0.3, -0.25) is 0 Å². The summed E-state index contributed by atoms with van der Waals surface area (Å²) in [6.45, 7) is 5.99. The molecule has 0 bridgehead atoms. The van der Waals surface area contributed by atoms with Gasteiger partial charge in [0.05, 0.1) is 13.9 Å². The zero-order valence-corrected chi connectivity index (χ0v) is 16.7. The first kappa shape index (κ1) is 24.1. The van der Waals surface area contributed by atoms with Crippen LogP contribution in [0.4, 0.5) is 0 Å². The summed E-state index contributed by atoms with van der Waals surface area (Å²) in [4.78, 5) is 21.2. The van der Waals surface area contributed by atoms with E-state index < -0.39 is 13.9 Å². The Morgan fingerprint density at radius 3 is 1.88 bits per heavy atom. The maximum absolute atomic E-state index is 10.6. The van der Waals surface area contributed by atoms with Crippen LogP contribution in [0.25, 0.3) is 0 Å². The maximum Gasteiger partial charge on any atom is 1.00 e. The van der Waals surface area contributed by atoms with Gasteiger partial charge in [-0.15, -0.1) is 0 Å². The second-order valence-corrected chi connectivity index (χ2v) is 4.92. The summed E-state index contributed by atoms with van der Waals surface area (Å²) < 4.78 is 15.2.